The summed E-state index contributed by atoms with van der Waals surface area (Å²) in [4.78, 5) is 14.6. The van der Waals surface area contributed by atoms with E-state index in [-0.39, 0.29) is 10.8 Å². The van der Waals surface area contributed by atoms with Gasteiger partial charge in [0, 0.05) is 24.8 Å². The van der Waals surface area contributed by atoms with Crippen LogP contribution >= 0.6 is 0 Å². The molecular formula is C25H28N2O5S. The van der Waals surface area contributed by atoms with Crippen molar-refractivity contribution in [3.8, 4) is 11.5 Å². The lowest BCUT2D eigenvalue weighted by Crippen LogP contribution is -2.29. The second kappa shape index (κ2) is 10.9. The van der Waals surface area contributed by atoms with Gasteiger partial charge < -0.3 is 14.4 Å². The molecule has 0 saturated carbocycles. The van der Waals surface area contributed by atoms with Crippen molar-refractivity contribution in [3.05, 3.63) is 83.9 Å². The first-order valence-electron chi connectivity index (χ1n) is 10.5. The third-order valence-corrected chi connectivity index (χ3v) is 6.47. The molecule has 0 aliphatic rings. The summed E-state index contributed by atoms with van der Waals surface area (Å²) in [6.45, 7) is 2.74. The Hall–Kier alpha value is -3.52. The van der Waals surface area contributed by atoms with Crippen molar-refractivity contribution in [1.82, 2.24) is 4.90 Å². The van der Waals surface area contributed by atoms with Crippen molar-refractivity contribution in [3.63, 3.8) is 0 Å². The Balaban J connectivity index is 1.65. The van der Waals surface area contributed by atoms with Crippen LogP contribution in [0.15, 0.2) is 77.7 Å². The molecule has 0 fully saturated rings. The molecule has 1 amide bonds. The molecule has 7 nitrogen and oxygen atoms in total. The highest BCUT2D eigenvalue weighted by atomic mass is 32.2. The smallest absolute Gasteiger partial charge is 0.261 e. The van der Waals surface area contributed by atoms with Gasteiger partial charge in [-0.25, -0.2) is 8.42 Å². The molecule has 0 heterocycles. The van der Waals surface area contributed by atoms with Crippen LogP contribution in [0.25, 0.3) is 0 Å². The van der Waals surface area contributed by atoms with E-state index in [2.05, 4.69) is 4.72 Å². The number of rotatable bonds is 10. The summed E-state index contributed by atoms with van der Waals surface area (Å²) in [5.41, 5.74) is 1.45. The van der Waals surface area contributed by atoms with Gasteiger partial charge >= 0.3 is 0 Å². The summed E-state index contributed by atoms with van der Waals surface area (Å²) < 4.78 is 39.0. The Morgan fingerprint density at radius 2 is 1.67 bits per heavy atom. The Kier molecular flexibility index (Phi) is 7.95. The van der Waals surface area contributed by atoms with E-state index in [1.807, 2.05) is 30.3 Å². The number of benzene rings is 3. The van der Waals surface area contributed by atoms with Gasteiger partial charge in [0.05, 0.1) is 18.6 Å². The minimum atomic E-state index is -3.86. The van der Waals surface area contributed by atoms with Crippen molar-refractivity contribution in [2.75, 3.05) is 32.0 Å². The summed E-state index contributed by atoms with van der Waals surface area (Å²) in [5.74, 6) is 1.16. The Labute approximate surface area is 195 Å². The lowest BCUT2D eigenvalue weighted by molar-refractivity contribution is 0.0787. The normalized spacial score (nSPS) is 11.0. The molecule has 3 aromatic rings. The first kappa shape index (κ1) is 24.1. The summed E-state index contributed by atoms with van der Waals surface area (Å²) in [6.07, 6.45) is 0.646. The fraction of sp³-hybridized carbons (Fsp3) is 0.240. The van der Waals surface area contributed by atoms with Gasteiger partial charge in [-0.3, -0.25) is 9.52 Å². The van der Waals surface area contributed by atoms with Crippen LogP contribution in [0.5, 0.6) is 11.5 Å². The standard InChI is InChI=1S/C25H28N2O5S/c1-19-10-15-23(33(29,30)26-20-11-13-21(31-3)14-12-20)18-24(19)25(28)27(2)16-7-17-32-22-8-5-4-6-9-22/h4-6,8-15,18,26H,7,16-17H2,1-3H3. The number of hydrogen-bond donors (Lipinski definition) is 1. The lowest BCUT2D eigenvalue weighted by Gasteiger charge is -2.19. The summed E-state index contributed by atoms with van der Waals surface area (Å²) in [7, 11) is -0.630. The predicted octanol–water partition coefficient (Wildman–Crippen LogP) is 4.35. The summed E-state index contributed by atoms with van der Waals surface area (Å²) >= 11 is 0. The summed E-state index contributed by atoms with van der Waals surface area (Å²) in [6, 6.07) is 20.6. The Morgan fingerprint density at radius 3 is 2.33 bits per heavy atom. The predicted molar refractivity (Wildman–Crippen MR) is 128 cm³/mol. The number of amides is 1. The summed E-state index contributed by atoms with van der Waals surface area (Å²) in [5, 5.41) is 0. The zero-order valence-electron chi connectivity index (χ0n) is 18.9. The molecule has 8 heteroatoms. The highest BCUT2D eigenvalue weighted by Crippen LogP contribution is 2.22. The number of aryl methyl sites for hydroxylation is 1. The molecule has 33 heavy (non-hydrogen) atoms. The highest BCUT2D eigenvalue weighted by molar-refractivity contribution is 7.92. The zero-order valence-corrected chi connectivity index (χ0v) is 19.8. The number of hydrogen-bond acceptors (Lipinski definition) is 5. The van der Waals surface area contributed by atoms with Crippen LogP contribution in [0, 0.1) is 6.92 Å². The van der Waals surface area contributed by atoms with E-state index < -0.39 is 10.0 Å². The van der Waals surface area contributed by atoms with Crippen LogP contribution in [0.2, 0.25) is 0 Å². The van der Waals surface area contributed by atoms with E-state index in [1.54, 1.807) is 49.2 Å². The number of nitrogens with zero attached hydrogens (tertiary/aromatic N) is 1. The number of nitrogens with one attached hydrogen (secondary N) is 1. The van der Waals surface area contributed by atoms with E-state index >= 15 is 0 Å². The van der Waals surface area contributed by atoms with Gasteiger partial charge in [0.25, 0.3) is 15.9 Å². The van der Waals surface area contributed by atoms with Crippen LogP contribution in [-0.2, 0) is 10.0 Å². The lowest BCUT2D eigenvalue weighted by atomic mass is 10.1. The highest BCUT2D eigenvalue weighted by Gasteiger charge is 2.20. The third kappa shape index (κ3) is 6.49. The minimum Gasteiger partial charge on any atom is -0.497 e. The molecule has 0 bridgehead atoms. The third-order valence-electron chi connectivity index (χ3n) is 5.09. The van der Waals surface area contributed by atoms with Crippen molar-refractivity contribution in [2.45, 2.75) is 18.2 Å². The zero-order chi connectivity index (χ0) is 23.8. The average molecular weight is 469 g/mol. The number of para-hydroxylation sites is 1. The van der Waals surface area contributed by atoms with Gasteiger partial charge in [-0.05, 0) is 67.4 Å². The number of sulfonamides is 1. The largest absolute Gasteiger partial charge is 0.497 e. The number of carbonyl (C=O) groups excluding carboxylic acids is 1. The molecule has 0 radical (unpaired) electrons. The van der Waals surface area contributed by atoms with Crippen LogP contribution in [-0.4, -0.2) is 46.5 Å². The number of carbonyl (C=O) groups is 1. The molecule has 0 aliphatic carbocycles. The van der Waals surface area contributed by atoms with Crippen molar-refractivity contribution >= 4 is 21.6 Å². The molecule has 174 valence electrons. The van der Waals surface area contributed by atoms with Crippen molar-refractivity contribution in [1.29, 1.82) is 0 Å². The van der Waals surface area contributed by atoms with Gasteiger partial charge in [0.1, 0.15) is 11.5 Å². The van der Waals surface area contributed by atoms with Gasteiger partial charge in [-0.1, -0.05) is 24.3 Å². The van der Waals surface area contributed by atoms with Crippen LogP contribution in [0.4, 0.5) is 5.69 Å². The maximum Gasteiger partial charge on any atom is 0.261 e. The van der Waals surface area contributed by atoms with Gasteiger partial charge in [0.15, 0.2) is 0 Å². The minimum absolute atomic E-state index is 0.0214. The first-order chi connectivity index (χ1) is 15.8. The van der Waals surface area contributed by atoms with E-state index in [9.17, 15) is 13.2 Å². The SMILES string of the molecule is COc1ccc(NS(=O)(=O)c2ccc(C)c(C(=O)N(C)CCCOc3ccccc3)c2)cc1. The van der Waals surface area contributed by atoms with Gasteiger partial charge in [-0.2, -0.15) is 0 Å². The Morgan fingerprint density at radius 1 is 0.970 bits per heavy atom. The van der Waals surface area contributed by atoms with E-state index in [4.69, 9.17) is 9.47 Å². The van der Waals surface area contributed by atoms with Crippen molar-refractivity contribution < 1.29 is 22.7 Å². The quantitative estimate of drug-likeness (QED) is 0.447. The van der Waals surface area contributed by atoms with Gasteiger partial charge in [-0.15, -0.1) is 0 Å². The average Bonchev–Trinajstić information content (AvgIpc) is 2.82. The molecule has 3 aromatic carbocycles. The van der Waals surface area contributed by atoms with Crippen LogP contribution in [0.3, 0.4) is 0 Å². The molecule has 0 aromatic heterocycles. The monoisotopic (exact) mass is 468 g/mol. The number of methoxy groups -OCH3 is 1. The topological polar surface area (TPSA) is 84.9 Å². The Bertz CT molecular complexity index is 1180. The molecule has 0 aliphatic heterocycles. The van der Waals surface area contributed by atoms with Crippen LogP contribution in [0.1, 0.15) is 22.3 Å². The maximum absolute atomic E-state index is 13.0. The van der Waals surface area contributed by atoms with E-state index in [0.717, 1.165) is 5.75 Å². The fourth-order valence-corrected chi connectivity index (χ4v) is 4.27. The van der Waals surface area contributed by atoms with Gasteiger partial charge in [0.2, 0.25) is 0 Å². The molecule has 0 atom stereocenters. The number of anilines is 1. The fourth-order valence-electron chi connectivity index (χ4n) is 3.19. The molecule has 0 saturated heterocycles. The molecule has 0 spiro atoms. The second-order valence-corrected chi connectivity index (χ2v) is 9.23. The number of ether oxygens (including phenoxy) is 2. The van der Waals surface area contributed by atoms with E-state index in [1.165, 1.54) is 19.2 Å². The molecule has 3 rings (SSSR count). The molecular weight excluding hydrogens is 440 g/mol. The molecule has 1 N–H and O–H groups in total. The molecule has 0 unspecified atom stereocenters. The maximum atomic E-state index is 13.0. The van der Waals surface area contributed by atoms with Crippen LogP contribution < -0.4 is 14.2 Å². The second-order valence-electron chi connectivity index (χ2n) is 7.55. The van der Waals surface area contributed by atoms with E-state index in [0.29, 0.717) is 42.1 Å². The first-order valence-corrected chi connectivity index (χ1v) is 12.0. The van der Waals surface area contributed by atoms with Crippen molar-refractivity contribution in [2.24, 2.45) is 0 Å².